The van der Waals surface area contributed by atoms with Crippen LogP contribution in [-0.2, 0) is 15.0 Å². The van der Waals surface area contributed by atoms with Crippen molar-refractivity contribution >= 4 is 11.9 Å². The highest BCUT2D eigenvalue weighted by Gasteiger charge is 2.34. The van der Waals surface area contributed by atoms with Crippen LogP contribution in [0.4, 0.5) is 0 Å². The number of carboxylic acid groups (broad SMARTS) is 1. The highest BCUT2D eigenvalue weighted by molar-refractivity contribution is 5.87. The molecule has 6 heteroatoms. The molecule has 1 aliphatic rings. The third kappa shape index (κ3) is 4.24. The largest absolute Gasteiger partial charge is 0.493 e. The van der Waals surface area contributed by atoms with E-state index in [1.54, 1.807) is 20.3 Å². The number of rotatable bonds is 6. The number of aliphatic carboxylic acids is 1. The molecule has 25 heavy (non-hydrogen) atoms. The van der Waals surface area contributed by atoms with Crippen LogP contribution in [0.3, 0.4) is 0 Å². The summed E-state index contributed by atoms with van der Waals surface area (Å²) in [7, 11) is 3.14. The number of hydrogen-bond donors (Lipinski definition) is 2. The van der Waals surface area contributed by atoms with Gasteiger partial charge in [0.15, 0.2) is 11.5 Å². The van der Waals surface area contributed by atoms with Crippen LogP contribution in [0.2, 0.25) is 0 Å². The van der Waals surface area contributed by atoms with Gasteiger partial charge in [0.05, 0.1) is 25.6 Å². The molecule has 6 nitrogen and oxygen atoms in total. The van der Waals surface area contributed by atoms with Crippen molar-refractivity contribution in [3.63, 3.8) is 0 Å². The lowest BCUT2D eigenvalue weighted by atomic mass is 9.81. The van der Waals surface area contributed by atoms with Gasteiger partial charge >= 0.3 is 5.97 Å². The van der Waals surface area contributed by atoms with Gasteiger partial charge in [-0.25, -0.2) is 0 Å². The van der Waals surface area contributed by atoms with Crippen molar-refractivity contribution in [2.45, 2.75) is 51.0 Å². The van der Waals surface area contributed by atoms with E-state index in [2.05, 4.69) is 5.32 Å². The first-order valence-corrected chi connectivity index (χ1v) is 8.55. The summed E-state index contributed by atoms with van der Waals surface area (Å²) in [6.07, 6.45) is 2.61. The van der Waals surface area contributed by atoms with Gasteiger partial charge in [0, 0.05) is 6.04 Å². The van der Waals surface area contributed by atoms with Crippen LogP contribution in [0.5, 0.6) is 11.5 Å². The zero-order chi connectivity index (χ0) is 18.6. The highest BCUT2D eigenvalue weighted by atomic mass is 16.5. The molecule has 0 aliphatic heterocycles. The number of hydrogen-bond acceptors (Lipinski definition) is 4. The van der Waals surface area contributed by atoms with Crippen LogP contribution in [-0.4, -0.2) is 37.2 Å². The van der Waals surface area contributed by atoms with Crippen LogP contribution in [0.25, 0.3) is 0 Å². The molecule has 0 atom stereocenters. The Balaban J connectivity index is 2.06. The normalized spacial score (nSPS) is 20.6. The molecule has 1 fully saturated rings. The van der Waals surface area contributed by atoms with Gasteiger partial charge in [-0.2, -0.15) is 0 Å². The third-order valence-corrected chi connectivity index (χ3v) is 5.08. The Labute approximate surface area is 148 Å². The monoisotopic (exact) mass is 349 g/mol. The summed E-state index contributed by atoms with van der Waals surface area (Å²) in [5, 5.41) is 12.1. The van der Waals surface area contributed by atoms with Crippen LogP contribution < -0.4 is 14.8 Å². The van der Waals surface area contributed by atoms with Gasteiger partial charge in [-0.15, -0.1) is 0 Å². The third-order valence-electron chi connectivity index (χ3n) is 5.08. The Kier molecular flexibility index (Phi) is 5.93. The summed E-state index contributed by atoms with van der Waals surface area (Å²) in [5.41, 5.74) is 0.102. The van der Waals surface area contributed by atoms with E-state index in [9.17, 15) is 9.59 Å². The van der Waals surface area contributed by atoms with Gasteiger partial charge in [0.25, 0.3) is 0 Å². The van der Waals surface area contributed by atoms with E-state index in [0.717, 1.165) is 5.56 Å². The maximum absolute atomic E-state index is 12.8. The maximum Gasteiger partial charge on any atom is 0.306 e. The lowest BCUT2D eigenvalue weighted by Crippen LogP contribution is -2.46. The number of ether oxygens (including phenoxy) is 2. The smallest absolute Gasteiger partial charge is 0.306 e. The summed E-state index contributed by atoms with van der Waals surface area (Å²) in [6.45, 7) is 3.74. The predicted octanol–water partition coefficient (Wildman–Crippen LogP) is 2.74. The number of carbonyl (C=O) groups is 2. The minimum atomic E-state index is -0.740. The maximum atomic E-state index is 12.8. The summed E-state index contributed by atoms with van der Waals surface area (Å²) < 4.78 is 10.6. The molecule has 1 saturated carbocycles. The molecule has 0 aromatic heterocycles. The first kappa shape index (κ1) is 19.1. The molecule has 0 saturated heterocycles. The van der Waals surface area contributed by atoms with E-state index in [0.29, 0.717) is 37.2 Å². The molecule has 1 aliphatic carbocycles. The van der Waals surface area contributed by atoms with E-state index in [1.807, 2.05) is 26.0 Å². The van der Waals surface area contributed by atoms with E-state index in [-0.39, 0.29) is 17.9 Å². The van der Waals surface area contributed by atoms with E-state index >= 15 is 0 Å². The average molecular weight is 349 g/mol. The van der Waals surface area contributed by atoms with Crippen molar-refractivity contribution < 1.29 is 24.2 Å². The molecule has 2 N–H and O–H groups in total. The number of nitrogens with one attached hydrogen (secondary N) is 1. The molecule has 138 valence electrons. The van der Waals surface area contributed by atoms with Gasteiger partial charge in [-0.05, 0) is 57.2 Å². The zero-order valence-corrected chi connectivity index (χ0v) is 15.3. The Hall–Kier alpha value is -2.24. The van der Waals surface area contributed by atoms with Gasteiger partial charge in [-0.3, -0.25) is 9.59 Å². The molecule has 1 aromatic rings. The van der Waals surface area contributed by atoms with Gasteiger partial charge in [0.1, 0.15) is 0 Å². The van der Waals surface area contributed by atoms with E-state index in [1.165, 1.54) is 0 Å². The lowest BCUT2D eigenvalue weighted by molar-refractivity contribution is -0.142. The highest BCUT2D eigenvalue weighted by Crippen LogP contribution is 2.34. The van der Waals surface area contributed by atoms with Crippen LogP contribution >= 0.6 is 0 Å². The molecule has 0 heterocycles. The summed E-state index contributed by atoms with van der Waals surface area (Å²) in [5.74, 6) is 0.109. The second-order valence-corrected chi connectivity index (χ2v) is 7.06. The molecular weight excluding hydrogens is 322 g/mol. The SMILES string of the molecule is COc1ccc(C(C)(C)C(=O)NC2CCC(C(=O)O)CC2)cc1OC. The Morgan fingerprint density at radius 1 is 1.08 bits per heavy atom. The first-order valence-electron chi connectivity index (χ1n) is 8.55. The van der Waals surface area contributed by atoms with Gasteiger partial charge in [-0.1, -0.05) is 6.07 Å². The van der Waals surface area contributed by atoms with Crippen LogP contribution in [0.1, 0.15) is 45.1 Å². The molecule has 1 amide bonds. The number of methoxy groups -OCH3 is 2. The Morgan fingerprint density at radius 2 is 1.68 bits per heavy atom. The standard InChI is InChI=1S/C19H27NO5/c1-19(2,13-7-10-15(24-3)16(11-13)25-4)18(23)20-14-8-5-12(6-9-14)17(21)22/h7,10-12,14H,5-6,8-9H2,1-4H3,(H,20,23)(H,21,22). The van der Waals surface area contributed by atoms with Crippen molar-refractivity contribution in [1.82, 2.24) is 5.32 Å². The number of benzene rings is 1. The number of carboxylic acids is 1. The minimum Gasteiger partial charge on any atom is -0.493 e. The molecule has 1 aromatic carbocycles. The molecular formula is C19H27NO5. The van der Waals surface area contributed by atoms with E-state index in [4.69, 9.17) is 14.6 Å². The fourth-order valence-electron chi connectivity index (χ4n) is 3.21. The lowest BCUT2D eigenvalue weighted by Gasteiger charge is -2.31. The predicted molar refractivity (Wildman–Crippen MR) is 94.1 cm³/mol. The van der Waals surface area contributed by atoms with Crippen molar-refractivity contribution in [2.24, 2.45) is 5.92 Å². The average Bonchev–Trinajstić information content (AvgIpc) is 2.61. The topological polar surface area (TPSA) is 84.9 Å². The molecule has 0 spiro atoms. The van der Waals surface area contributed by atoms with Gasteiger partial charge in [0.2, 0.25) is 5.91 Å². The van der Waals surface area contributed by atoms with Gasteiger partial charge < -0.3 is 19.9 Å². The van der Waals surface area contributed by atoms with Crippen LogP contribution in [0.15, 0.2) is 18.2 Å². The zero-order valence-electron chi connectivity index (χ0n) is 15.3. The second-order valence-electron chi connectivity index (χ2n) is 7.06. The quantitative estimate of drug-likeness (QED) is 0.825. The first-order chi connectivity index (χ1) is 11.8. The summed E-state index contributed by atoms with van der Waals surface area (Å²) in [6, 6.07) is 5.51. The van der Waals surface area contributed by atoms with Crippen molar-refractivity contribution in [3.05, 3.63) is 23.8 Å². The molecule has 0 radical (unpaired) electrons. The van der Waals surface area contributed by atoms with Crippen LogP contribution in [0, 0.1) is 5.92 Å². The number of amides is 1. The second kappa shape index (κ2) is 7.76. The minimum absolute atomic E-state index is 0.0301. The van der Waals surface area contributed by atoms with E-state index < -0.39 is 11.4 Å². The van der Waals surface area contributed by atoms with Crippen molar-refractivity contribution in [1.29, 1.82) is 0 Å². The molecule has 0 bridgehead atoms. The Morgan fingerprint density at radius 3 is 2.20 bits per heavy atom. The fraction of sp³-hybridized carbons (Fsp3) is 0.579. The number of carbonyl (C=O) groups excluding carboxylic acids is 1. The molecule has 0 unspecified atom stereocenters. The fourth-order valence-corrected chi connectivity index (χ4v) is 3.21. The summed E-state index contributed by atoms with van der Waals surface area (Å²) in [4.78, 5) is 23.8. The van der Waals surface area contributed by atoms with Crippen molar-refractivity contribution in [2.75, 3.05) is 14.2 Å². The Bertz CT molecular complexity index is 633. The molecule has 2 rings (SSSR count). The summed E-state index contributed by atoms with van der Waals surface area (Å²) >= 11 is 0. The van der Waals surface area contributed by atoms with Crippen molar-refractivity contribution in [3.8, 4) is 11.5 Å².